The number of sulfonamides is 1. The van der Waals surface area contributed by atoms with Crippen LogP contribution in [0.1, 0.15) is 25.3 Å². The summed E-state index contributed by atoms with van der Waals surface area (Å²) < 4.78 is 34.6. The number of fused-ring (bicyclic) bond motifs is 2. The van der Waals surface area contributed by atoms with Gasteiger partial charge < -0.3 is 9.32 Å². The van der Waals surface area contributed by atoms with Crippen LogP contribution in [0.5, 0.6) is 0 Å². The van der Waals surface area contributed by atoms with Crippen molar-refractivity contribution in [2.45, 2.75) is 37.6 Å². The van der Waals surface area contributed by atoms with Gasteiger partial charge in [-0.2, -0.15) is 0 Å². The fraction of sp³-hybridized carbons (Fsp3) is 0.391. The minimum atomic E-state index is -3.81. The maximum atomic E-state index is 13.3. The summed E-state index contributed by atoms with van der Waals surface area (Å²) in [5.74, 6) is -0.361. The molecule has 0 aliphatic carbocycles. The number of piperidine rings is 1. The van der Waals surface area contributed by atoms with E-state index in [2.05, 4.69) is 6.92 Å². The molecule has 0 radical (unpaired) electrons. The predicted octanol–water partition coefficient (Wildman–Crippen LogP) is 2.60. The van der Waals surface area contributed by atoms with Crippen molar-refractivity contribution in [1.82, 2.24) is 9.47 Å². The number of para-hydroxylation sites is 1. The van der Waals surface area contributed by atoms with Crippen LogP contribution in [-0.4, -0.2) is 43.4 Å². The molecule has 2 aromatic carbocycles. The molecule has 32 heavy (non-hydrogen) atoms. The highest BCUT2D eigenvalue weighted by atomic mass is 32.2. The first-order valence-electron chi connectivity index (χ1n) is 10.9. The van der Waals surface area contributed by atoms with E-state index >= 15 is 0 Å². The molecule has 0 unspecified atom stereocenters. The van der Waals surface area contributed by atoms with E-state index in [0.717, 1.165) is 18.4 Å². The lowest BCUT2D eigenvalue weighted by Crippen LogP contribution is -2.41. The second kappa shape index (κ2) is 7.81. The van der Waals surface area contributed by atoms with Crippen LogP contribution in [0.2, 0.25) is 0 Å². The summed E-state index contributed by atoms with van der Waals surface area (Å²) >= 11 is 0. The molecule has 3 aromatic rings. The Morgan fingerprint density at radius 1 is 1.16 bits per heavy atom. The molecule has 2 aliphatic rings. The molecule has 0 saturated carbocycles. The van der Waals surface area contributed by atoms with E-state index in [1.165, 1.54) is 21.0 Å². The van der Waals surface area contributed by atoms with Crippen LogP contribution in [0, 0.1) is 5.92 Å². The Balaban J connectivity index is 1.45. The van der Waals surface area contributed by atoms with Gasteiger partial charge in [0.2, 0.25) is 5.91 Å². The van der Waals surface area contributed by atoms with Crippen molar-refractivity contribution in [3.8, 4) is 0 Å². The molecule has 1 atom stereocenters. The number of nitrogens with zero attached hydrogens (tertiary/aromatic N) is 3. The Bertz CT molecular complexity index is 1360. The standard InChI is InChI=1S/C23H25N3O5S/c1-16-5-4-11-24(14-16)22(27)15-25-20-9-8-18(13-21(20)31-23(25)28)32(29,30)26-12-10-17-6-2-3-7-19(17)26/h2-3,6-9,13,16H,4-5,10-12,14-15H2,1H3/t16-/m0/s1. The molecular weight excluding hydrogens is 430 g/mol. The lowest BCUT2D eigenvalue weighted by Gasteiger charge is -2.30. The summed E-state index contributed by atoms with van der Waals surface area (Å²) in [5.41, 5.74) is 2.23. The van der Waals surface area contributed by atoms with Gasteiger partial charge >= 0.3 is 5.76 Å². The van der Waals surface area contributed by atoms with Gasteiger partial charge in [0.25, 0.3) is 10.0 Å². The van der Waals surface area contributed by atoms with E-state index in [9.17, 15) is 18.0 Å². The van der Waals surface area contributed by atoms with Gasteiger partial charge in [0, 0.05) is 25.7 Å². The maximum absolute atomic E-state index is 13.3. The van der Waals surface area contributed by atoms with Crippen molar-refractivity contribution in [3.05, 3.63) is 58.6 Å². The summed E-state index contributed by atoms with van der Waals surface area (Å²) in [6, 6.07) is 11.8. The molecule has 0 N–H and O–H groups in total. The van der Waals surface area contributed by atoms with Crippen LogP contribution in [-0.2, 0) is 27.8 Å². The van der Waals surface area contributed by atoms with Gasteiger partial charge in [-0.25, -0.2) is 13.2 Å². The Kier molecular flexibility index (Phi) is 5.08. The smallest absolute Gasteiger partial charge is 0.408 e. The largest absolute Gasteiger partial charge is 0.420 e. The number of oxazole rings is 1. The van der Waals surface area contributed by atoms with Gasteiger partial charge in [-0.15, -0.1) is 0 Å². The van der Waals surface area contributed by atoms with Gasteiger partial charge in [-0.05, 0) is 48.9 Å². The molecule has 8 nitrogen and oxygen atoms in total. The van der Waals surface area contributed by atoms with E-state index < -0.39 is 15.8 Å². The fourth-order valence-corrected chi connectivity index (χ4v) is 6.21. The second-order valence-corrected chi connectivity index (χ2v) is 10.5. The second-order valence-electron chi connectivity index (χ2n) is 8.63. The van der Waals surface area contributed by atoms with Crippen molar-refractivity contribution in [2.75, 3.05) is 23.9 Å². The topological polar surface area (TPSA) is 92.8 Å². The number of benzene rings is 2. The average molecular weight is 456 g/mol. The number of hydrogen-bond acceptors (Lipinski definition) is 5. The highest BCUT2D eigenvalue weighted by molar-refractivity contribution is 7.92. The molecule has 1 aromatic heterocycles. The number of aromatic nitrogens is 1. The minimum Gasteiger partial charge on any atom is -0.408 e. The zero-order chi connectivity index (χ0) is 22.5. The molecule has 3 heterocycles. The third kappa shape index (κ3) is 3.50. The average Bonchev–Trinajstić information content (AvgIpc) is 3.35. The summed E-state index contributed by atoms with van der Waals surface area (Å²) in [7, 11) is -3.81. The van der Waals surface area contributed by atoms with Gasteiger partial charge in [0.1, 0.15) is 6.54 Å². The highest BCUT2D eigenvalue weighted by Gasteiger charge is 2.31. The van der Waals surface area contributed by atoms with E-state index in [4.69, 9.17) is 4.42 Å². The monoisotopic (exact) mass is 455 g/mol. The van der Waals surface area contributed by atoms with Crippen molar-refractivity contribution >= 4 is 32.7 Å². The van der Waals surface area contributed by atoms with Crippen molar-refractivity contribution in [1.29, 1.82) is 0 Å². The molecular formula is C23H25N3O5S. The normalized spacial score (nSPS) is 18.8. The zero-order valence-corrected chi connectivity index (χ0v) is 18.7. The lowest BCUT2D eigenvalue weighted by molar-refractivity contribution is -0.133. The molecule has 2 aliphatic heterocycles. The van der Waals surface area contributed by atoms with Crippen LogP contribution in [0.3, 0.4) is 0 Å². The number of amides is 1. The van der Waals surface area contributed by atoms with Crippen molar-refractivity contribution in [3.63, 3.8) is 0 Å². The zero-order valence-electron chi connectivity index (χ0n) is 17.9. The van der Waals surface area contributed by atoms with Crippen molar-refractivity contribution < 1.29 is 17.6 Å². The fourth-order valence-electron chi connectivity index (χ4n) is 4.69. The maximum Gasteiger partial charge on any atom is 0.420 e. The molecule has 0 bridgehead atoms. The Morgan fingerprint density at radius 3 is 2.78 bits per heavy atom. The van der Waals surface area contributed by atoms with E-state index in [-0.39, 0.29) is 22.9 Å². The van der Waals surface area contributed by atoms with E-state index in [1.54, 1.807) is 17.0 Å². The SMILES string of the molecule is C[C@H]1CCCN(C(=O)Cn2c(=O)oc3cc(S(=O)(=O)N4CCc5ccccc54)ccc32)C1. The number of carbonyl (C=O) groups excluding carboxylic acids is 1. The molecule has 1 amide bonds. The molecule has 1 fully saturated rings. The van der Waals surface area contributed by atoms with Crippen molar-refractivity contribution in [2.24, 2.45) is 5.92 Å². The predicted molar refractivity (Wildman–Crippen MR) is 120 cm³/mol. The third-order valence-corrected chi connectivity index (χ3v) is 8.18. The van der Waals surface area contributed by atoms with E-state index in [1.807, 2.05) is 18.2 Å². The summed E-state index contributed by atoms with van der Waals surface area (Å²) in [6.07, 6.45) is 2.70. The van der Waals surface area contributed by atoms with Gasteiger partial charge in [-0.3, -0.25) is 13.7 Å². The van der Waals surface area contributed by atoms with E-state index in [0.29, 0.717) is 43.2 Å². The molecule has 168 valence electrons. The Labute approximate surface area is 186 Å². The number of carbonyl (C=O) groups is 1. The van der Waals surface area contributed by atoms with Crippen LogP contribution < -0.4 is 10.1 Å². The first-order chi connectivity index (χ1) is 15.3. The number of hydrogen-bond donors (Lipinski definition) is 0. The summed E-state index contributed by atoms with van der Waals surface area (Å²) in [5, 5.41) is 0. The minimum absolute atomic E-state index is 0.0544. The summed E-state index contributed by atoms with van der Waals surface area (Å²) in [4.78, 5) is 27.0. The quantitative estimate of drug-likeness (QED) is 0.603. The molecule has 9 heteroatoms. The van der Waals surface area contributed by atoms with Crippen LogP contribution in [0.15, 0.2) is 56.6 Å². The molecule has 0 spiro atoms. The van der Waals surface area contributed by atoms with Gasteiger partial charge in [0.15, 0.2) is 5.58 Å². The van der Waals surface area contributed by atoms with Gasteiger partial charge in [-0.1, -0.05) is 25.1 Å². The third-order valence-electron chi connectivity index (χ3n) is 6.38. The first kappa shape index (κ1) is 20.8. The summed E-state index contributed by atoms with van der Waals surface area (Å²) in [6.45, 7) is 3.73. The number of anilines is 1. The number of rotatable bonds is 4. The Hall–Kier alpha value is -3.07. The molecule has 5 rings (SSSR count). The van der Waals surface area contributed by atoms with Crippen LogP contribution in [0.25, 0.3) is 11.1 Å². The molecule has 1 saturated heterocycles. The van der Waals surface area contributed by atoms with Gasteiger partial charge in [0.05, 0.1) is 16.1 Å². The lowest BCUT2D eigenvalue weighted by atomic mass is 10.0. The first-order valence-corrected chi connectivity index (χ1v) is 12.3. The van der Waals surface area contributed by atoms with Crippen LogP contribution in [0.4, 0.5) is 5.69 Å². The number of likely N-dealkylation sites (tertiary alicyclic amines) is 1. The van der Waals surface area contributed by atoms with Crippen LogP contribution >= 0.6 is 0 Å². The Morgan fingerprint density at radius 2 is 1.97 bits per heavy atom. The highest BCUT2D eigenvalue weighted by Crippen LogP contribution is 2.33.